The summed E-state index contributed by atoms with van der Waals surface area (Å²) in [6.45, 7) is 2.05. The molecule has 17 heavy (non-hydrogen) atoms. The number of likely N-dealkylation sites (tertiary alicyclic amines) is 1. The van der Waals surface area contributed by atoms with Gasteiger partial charge in [0, 0.05) is 26.7 Å². The molecule has 4 nitrogen and oxygen atoms in total. The first-order valence-corrected chi connectivity index (χ1v) is 6.72. The van der Waals surface area contributed by atoms with E-state index in [1.54, 1.807) is 7.11 Å². The summed E-state index contributed by atoms with van der Waals surface area (Å²) in [4.78, 5) is 14.0. The molecule has 0 aromatic carbocycles. The third-order valence-corrected chi connectivity index (χ3v) is 4.57. The van der Waals surface area contributed by atoms with Crippen molar-refractivity contribution < 1.29 is 9.53 Å². The van der Waals surface area contributed by atoms with Crippen LogP contribution in [0.2, 0.25) is 0 Å². The average Bonchev–Trinajstić information content (AvgIpc) is 2.80. The van der Waals surface area contributed by atoms with E-state index in [9.17, 15) is 4.79 Å². The minimum Gasteiger partial charge on any atom is -0.370 e. The molecule has 1 unspecified atom stereocenters. The molecular formula is C13H24N2O2. The Hall–Kier alpha value is -0.610. The molecule has 1 amide bonds. The number of carbonyl (C=O) groups is 1. The van der Waals surface area contributed by atoms with E-state index in [4.69, 9.17) is 10.5 Å². The van der Waals surface area contributed by atoms with Gasteiger partial charge in [-0.25, -0.2) is 0 Å². The normalized spacial score (nSPS) is 25.2. The summed E-state index contributed by atoms with van der Waals surface area (Å²) in [5.74, 6) is 0.0721. The zero-order valence-corrected chi connectivity index (χ0v) is 10.8. The maximum absolute atomic E-state index is 12.1. The predicted octanol–water partition coefficient (Wildman–Crippen LogP) is 1.14. The van der Waals surface area contributed by atoms with Crippen LogP contribution in [0, 0.1) is 5.41 Å². The third-order valence-electron chi connectivity index (χ3n) is 4.57. The summed E-state index contributed by atoms with van der Waals surface area (Å²) >= 11 is 0. The van der Waals surface area contributed by atoms with E-state index < -0.39 is 6.10 Å². The molecule has 0 aromatic heterocycles. The lowest BCUT2D eigenvalue weighted by Gasteiger charge is -2.40. The van der Waals surface area contributed by atoms with E-state index in [0.29, 0.717) is 5.41 Å². The highest BCUT2D eigenvalue weighted by Gasteiger charge is 2.38. The minimum atomic E-state index is -0.451. The second kappa shape index (κ2) is 5.36. The van der Waals surface area contributed by atoms with Crippen molar-refractivity contribution in [3.63, 3.8) is 0 Å². The van der Waals surface area contributed by atoms with Crippen molar-refractivity contribution in [1.82, 2.24) is 4.90 Å². The molecule has 0 aromatic rings. The number of carbonyl (C=O) groups excluding carboxylic acids is 1. The molecule has 98 valence electrons. The van der Waals surface area contributed by atoms with Gasteiger partial charge in [-0.2, -0.15) is 0 Å². The van der Waals surface area contributed by atoms with Gasteiger partial charge in [0.2, 0.25) is 0 Å². The molecule has 1 aliphatic carbocycles. The molecule has 2 fully saturated rings. The van der Waals surface area contributed by atoms with Crippen molar-refractivity contribution >= 4 is 5.91 Å². The van der Waals surface area contributed by atoms with Gasteiger partial charge in [0.05, 0.1) is 0 Å². The maximum Gasteiger partial charge on any atom is 0.253 e. The van der Waals surface area contributed by atoms with Gasteiger partial charge >= 0.3 is 0 Å². The number of ether oxygens (including phenoxy) is 1. The quantitative estimate of drug-likeness (QED) is 0.805. The van der Waals surface area contributed by atoms with E-state index in [1.807, 2.05) is 4.90 Å². The molecule has 1 saturated carbocycles. The van der Waals surface area contributed by atoms with E-state index >= 15 is 0 Å². The van der Waals surface area contributed by atoms with Crippen LogP contribution in [-0.4, -0.2) is 43.7 Å². The summed E-state index contributed by atoms with van der Waals surface area (Å²) in [6.07, 6.45) is 7.35. The zero-order chi connectivity index (χ0) is 12.3. The molecular weight excluding hydrogens is 216 g/mol. The zero-order valence-electron chi connectivity index (χ0n) is 10.8. The Balaban J connectivity index is 1.88. The number of piperidine rings is 1. The van der Waals surface area contributed by atoms with Gasteiger partial charge in [-0.1, -0.05) is 12.8 Å². The predicted molar refractivity (Wildman–Crippen MR) is 66.6 cm³/mol. The molecule has 2 N–H and O–H groups in total. The van der Waals surface area contributed by atoms with Crippen LogP contribution in [0.1, 0.15) is 38.5 Å². The lowest BCUT2D eigenvalue weighted by Crippen LogP contribution is -2.48. The number of hydrogen-bond donors (Lipinski definition) is 1. The molecule has 1 aliphatic heterocycles. The Kier molecular flexibility index (Phi) is 4.05. The van der Waals surface area contributed by atoms with Gasteiger partial charge in [-0.05, 0) is 31.1 Å². The highest BCUT2D eigenvalue weighted by Crippen LogP contribution is 2.46. The highest BCUT2D eigenvalue weighted by molar-refractivity contribution is 5.81. The van der Waals surface area contributed by atoms with Gasteiger partial charge in [0.15, 0.2) is 0 Å². The molecule has 2 rings (SSSR count). The van der Waals surface area contributed by atoms with Gasteiger partial charge < -0.3 is 15.4 Å². The lowest BCUT2D eigenvalue weighted by molar-refractivity contribution is -0.143. The number of nitrogens with zero attached hydrogens (tertiary/aromatic N) is 1. The summed E-state index contributed by atoms with van der Waals surface area (Å²) < 4.78 is 5.12. The van der Waals surface area contributed by atoms with Crippen molar-refractivity contribution in [3.8, 4) is 0 Å². The van der Waals surface area contributed by atoms with Crippen LogP contribution < -0.4 is 5.73 Å². The molecule has 2 aliphatic rings. The Bertz CT molecular complexity index is 261. The van der Waals surface area contributed by atoms with Crippen molar-refractivity contribution in [2.45, 2.75) is 44.6 Å². The molecule has 1 saturated heterocycles. The molecule has 0 radical (unpaired) electrons. The standard InChI is InChI=1S/C13H24N2O2/c1-17-11(10-14)12(16)15-8-6-13(7-9-15)4-2-3-5-13/h11H,2-10,14H2,1H3. The first-order chi connectivity index (χ1) is 8.21. The Morgan fingerprint density at radius 2 is 1.88 bits per heavy atom. The SMILES string of the molecule is COC(CN)C(=O)N1CCC2(CCCC2)CC1. The topological polar surface area (TPSA) is 55.6 Å². The van der Waals surface area contributed by atoms with Crippen molar-refractivity contribution in [1.29, 1.82) is 0 Å². The summed E-state index contributed by atoms with van der Waals surface area (Å²) in [6, 6.07) is 0. The number of hydrogen-bond acceptors (Lipinski definition) is 3. The second-order valence-corrected chi connectivity index (χ2v) is 5.49. The van der Waals surface area contributed by atoms with Crippen LogP contribution in [0.25, 0.3) is 0 Å². The molecule has 0 bridgehead atoms. The first kappa shape index (κ1) is 12.8. The summed E-state index contributed by atoms with van der Waals surface area (Å²) in [5, 5.41) is 0. The van der Waals surface area contributed by atoms with E-state index in [0.717, 1.165) is 13.1 Å². The summed E-state index contributed by atoms with van der Waals surface area (Å²) in [5.41, 5.74) is 6.09. The molecule has 1 heterocycles. The average molecular weight is 240 g/mol. The van der Waals surface area contributed by atoms with Gasteiger partial charge in [-0.3, -0.25) is 4.79 Å². The van der Waals surface area contributed by atoms with E-state index in [1.165, 1.54) is 38.5 Å². The molecule has 1 atom stereocenters. The Morgan fingerprint density at radius 3 is 2.35 bits per heavy atom. The second-order valence-electron chi connectivity index (χ2n) is 5.49. The number of nitrogens with two attached hydrogens (primary N) is 1. The van der Waals surface area contributed by atoms with E-state index in [-0.39, 0.29) is 12.5 Å². The third kappa shape index (κ3) is 2.63. The van der Waals surface area contributed by atoms with Crippen LogP contribution >= 0.6 is 0 Å². The fourth-order valence-electron chi connectivity index (χ4n) is 3.33. The Morgan fingerprint density at radius 1 is 1.29 bits per heavy atom. The first-order valence-electron chi connectivity index (χ1n) is 6.72. The van der Waals surface area contributed by atoms with Gasteiger partial charge in [0.1, 0.15) is 6.10 Å². The maximum atomic E-state index is 12.1. The number of rotatable bonds is 3. The van der Waals surface area contributed by atoms with Crippen LogP contribution in [0.5, 0.6) is 0 Å². The number of methoxy groups -OCH3 is 1. The van der Waals surface area contributed by atoms with Crippen LogP contribution in [0.3, 0.4) is 0 Å². The van der Waals surface area contributed by atoms with Gasteiger partial charge in [-0.15, -0.1) is 0 Å². The molecule has 4 heteroatoms. The van der Waals surface area contributed by atoms with Crippen LogP contribution in [0.4, 0.5) is 0 Å². The summed E-state index contributed by atoms with van der Waals surface area (Å²) in [7, 11) is 1.55. The number of amides is 1. The fraction of sp³-hybridized carbons (Fsp3) is 0.923. The minimum absolute atomic E-state index is 0.0721. The largest absolute Gasteiger partial charge is 0.370 e. The van der Waals surface area contributed by atoms with Gasteiger partial charge in [0.25, 0.3) is 5.91 Å². The Labute approximate surface area is 103 Å². The monoisotopic (exact) mass is 240 g/mol. The van der Waals surface area contributed by atoms with Crippen molar-refractivity contribution in [2.24, 2.45) is 11.1 Å². The lowest BCUT2D eigenvalue weighted by atomic mass is 9.77. The fourth-order valence-corrected chi connectivity index (χ4v) is 3.33. The van der Waals surface area contributed by atoms with Crippen LogP contribution in [0.15, 0.2) is 0 Å². The van der Waals surface area contributed by atoms with Crippen molar-refractivity contribution in [2.75, 3.05) is 26.7 Å². The van der Waals surface area contributed by atoms with E-state index in [2.05, 4.69) is 0 Å². The van der Waals surface area contributed by atoms with Crippen LogP contribution in [-0.2, 0) is 9.53 Å². The smallest absolute Gasteiger partial charge is 0.253 e. The van der Waals surface area contributed by atoms with Crippen molar-refractivity contribution in [3.05, 3.63) is 0 Å². The highest BCUT2D eigenvalue weighted by atomic mass is 16.5. The molecule has 1 spiro atoms.